The van der Waals surface area contributed by atoms with E-state index in [1.165, 1.54) is 0 Å². The first-order valence-electron chi connectivity index (χ1n) is 7.51. The Kier molecular flexibility index (Phi) is 4.42. The number of ether oxygens (including phenoxy) is 3. The van der Waals surface area contributed by atoms with Crippen molar-refractivity contribution in [3.63, 3.8) is 0 Å². The van der Waals surface area contributed by atoms with Crippen LogP contribution in [0.3, 0.4) is 0 Å². The van der Waals surface area contributed by atoms with Crippen molar-refractivity contribution in [2.24, 2.45) is 0 Å². The van der Waals surface area contributed by atoms with Crippen LogP contribution in [0, 0.1) is 6.92 Å². The Bertz CT molecular complexity index is 815. The lowest BCUT2D eigenvalue weighted by Crippen LogP contribution is -1.96. The summed E-state index contributed by atoms with van der Waals surface area (Å²) in [7, 11) is 4.81. The van der Waals surface area contributed by atoms with Gasteiger partial charge in [0, 0.05) is 12.1 Å². The number of hydrogen-bond acceptors (Lipinski definition) is 5. The number of nitrogens with zero attached hydrogens (tertiary/aromatic N) is 1. The molecule has 3 aromatic rings. The van der Waals surface area contributed by atoms with Gasteiger partial charge in [0.25, 0.3) is 0 Å². The fraction of sp³-hybridized carbons (Fsp3) is 0.211. The molecule has 0 saturated heterocycles. The standard InChI is InChI=1S/C19H19NO4/c1-12-17(13-8-6-5-7-9-13)19(20-24-12)18-15(22-3)10-14(21-2)11-16(18)23-4/h5-11H,1-4H3. The average Bonchev–Trinajstić information content (AvgIpc) is 3.02. The lowest BCUT2D eigenvalue weighted by atomic mass is 9.98. The van der Waals surface area contributed by atoms with Gasteiger partial charge in [-0.25, -0.2) is 0 Å². The van der Waals surface area contributed by atoms with Gasteiger partial charge < -0.3 is 18.7 Å². The van der Waals surface area contributed by atoms with Gasteiger partial charge in [0.2, 0.25) is 0 Å². The van der Waals surface area contributed by atoms with E-state index in [1.807, 2.05) is 37.3 Å². The van der Waals surface area contributed by atoms with Crippen LogP contribution in [-0.4, -0.2) is 26.5 Å². The minimum Gasteiger partial charge on any atom is -0.496 e. The molecule has 124 valence electrons. The molecule has 0 bridgehead atoms. The molecule has 3 rings (SSSR count). The molecule has 0 aliphatic heterocycles. The van der Waals surface area contributed by atoms with E-state index >= 15 is 0 Å². The molecule has 1 heterocycles. The van der Waals surface area contributed by atoms with Gasteiger partial charge in [-0.15, -0.1) is 0 Å². The molecule has 0 fully saturated rings. The zero-order valence-corrected chi connectivity index (χ0v) is 14.1. The molecule has 0 spiro atoms. The normalized spacial score (nSPS) is 10.5. The van der Waals surface area contributed by atoms with Crippen molar-refractivity contribution in [2.75, 3.05) is 21.3 Å². The summed E-state index contributed by atoms with van der Waals surface area (Å²) in [6, 6.07) is 13.6. The van der Waals surface area contributed by atoms with Gasteiger partial charge in [0.1, 0.15) is 28.7 Å². The minimum atomic E-state index is 0.608. The highest BCUT2D eigenvalue weighted by Crippen LogP contribution is 2.45. The molecule has 0 aliphatic rings. The van der Waals surface area contributed by atoms with Crippen LogP contribution in [0.5, 0.6) is 17.2 Å². The summed E-state index contributed by atoms with van der Waals surface area (Å²) in [5, 5.41) is 4.26. The maximum absolute atomic E-state index is 5.54. The maximum Gasteiger partial charge on any atom is 0.142 e. The Morgan fingerprint density at radius 3 is 2.00 bits per heavy atom. The number of benzene rings is 2. The first-order chi connectivity index (χ1) is 11.7. The van der Waals surface area contributed by atoms with Gasteiger partial charge in [-0.05, 0) is 12.5 Å². The summed E-state index contributed by atoms with van der Waals surface area (Å²) in [6.45, 7) is 1.89. The smallest absolute Gasteiger partial charge is 0.142 e. The molecular weight excluding hydrogens is 306 g/mol. The molecule has 2 aromatic carbocycles. The van der Waals surface area contributed by atoms with E-state index in [2.05, 4.69) is 5.16 Å². The van der Waals surface area contributed by atoms with Crippen molar-refractivity contribution in [3.8, 4) is 39.6 Å². The summed E-state index contributed by atoms with van der Waals surface area (Å²) in [5.74, 6) is 2.60. The molecule has 0 saturated carbocycles. The SMILES string of the molecule is COc1cc(OC)c(-c2noc(C)c2-c2ccccc2)c(OC)c1. The first-order valence-corrected chi connectivity index (χ1v) is 7.51. The van der Waals surface area contributed by atoms with Gasteiger partial charge in [0.15, 0.2) is 0 Å². The van der Waals surface area contributed by atoms with Crippen molar-refractivity contribution in [1.29, 1.82) is 0 Å². The topological polar surface area (TPSA) is 53.7 Å². The number of aromatic nitrogens is 1. The lowest BCUT2D eigenvalue weighted by Gasteiger charge is -2.14. The number of aryl methyl sites for hydroxylation is 1. The van der Waals surface area contributed by atoms with Crippen LogP contribution >= 0.6 is 0 Å². The number of methoxy groups -OCH3 is 3. The largest absolute Gasteiger partial charge is 0.496 e. The molecule has 5 heteroatoms. The van der Waals surface area contributed by atoms with Crippen LogP contribution in [-0.2, 0) is 0 Å². The van der Waals surface area contributed by atoms with Gasteiger partial charge in [0.05, 0.1) is 32.5 Å². The van der Waals surface area contributed by atoms with Gasteiger partial charge in [-0.1, -0.05) is 35.5 Å². The quantitative estimate of drug-likeness (QED) is 0.698. The van der Waals surface area contributed by atoms with E-state index in [9.17, 15) is 0 Å². The molecule has 5 nitrogen and oxygen atoms in total. The summed E-state index contributed by atoms with van der Waals surface area (Å²) in [4.78, 5) is 0. The first kappa shape index (κ1) is 15.9. The predicted molar refractivity (Wildman–Crippen MR) is 91.8 cm³/mol. The molecule has 0 unspecified atom stereocenters. The maximum atomic E-state index is 5.54. The van der Waals surface area contributed by atoms with Crippen molar-refractivity contribution < 1.29 is 18.7 Å². The molecule has 0 atom stereocenters. The van der Waals surface area contributed by atoms with E-state index in [0.29, 0.717) is 22.9 Å². The second kappa shape index (κ2) is 6.66. The average molecular weight is 325 g/mol. The molecule has 0 N–H and O–H groups in total. The molecule has 0 radical (unpaired) electrons. The van der Waals surface area contributed by atoms with Gasteiger partial charge >= 0.3 is 0 Å². The Balaban J connectivity index is 2.28. The second-order valence-electron chi connectivity index (χ2n) is 5.24. The van der Waals surface area contributed by atoms with Crippen molar-refractivity contribution in [3.05, 3.63) is 48.2 Å². The molecule has 24 heavy (non-hydrogen) atoms. The van der Waals surface area contributed by atoms with E-state index in [-0.39, 0.29) is 0 Å². The Morgan fingerprint density at radius 1 is 0.833 bits per heavy atom. The highest BCUT2D eigenvalue weighted by molar-refractivity contribution is 5.88. The Hall–Kier alpha value is -2.95. The van der Waals surface area contributed by atoms with Crippen molar-refractivity contribution in [1.82, 2.24) is 5.16 Å². The van der Waals surface area contributed by atoms with Crippen LogP contribution in [0.25, 0.3) is 22.4 Å². The van der Waals surface area contributed by atoms with Gasteiger partial charge in [-0.3, -0.25) is 0 Å². The highest BCUT2D eigenvalue weighted by Gasteiger charge is 2.24. The fourth-order valence-electron chi connectivity index (χ4n) is 2.73. The van der Waals surface area contributed by atoms with Crippen LogP contribution in [0.2, 0.25) is 0 Å². The van der Waals surface area contributed by atoms with Crippen molar-refractivity contribution in [2.45, 2.75) is 6.92 Å². The van der Waals surface area contributed by atoms with Crippen LogP contribution in [0.15, 0.2) is 47.0 Å². The summed E-state index contributed by atoms with van der Waals surface area (Å²) < 4.78 is 21.9. The third kappa shape index (κ3) is 2.69. The molecule has 1 aromatic heterocycles. The minimum absolute atomic E-state index is 0.608. The Morgan fingerprint density at radius 2 is 1.46 bits per heavy atom. The predicted octanol–water partition coefficient (Wildman–Crippen LogP) is 4.34. The molecular formula is C19H19NO4. The number of rotatable bonds is 5. The highest BCUT2D eigenvalue weighted by atomic mass is 16.5. The van der Waals surface area contributed by atoms with Crippen LogP contribution in [0.1, 0.15) is 5.76 Å². The zero-order chi connectivity index (χ0) is 17.1. The monoisotopic (exact) mass is 325 g/mol. The molecule has 0 aliphatic carbocycles. The van der Waals surface area contributed by atoms with E-state index in [4.69, 9.17) is 18.7 Å². The summed E-state index contributed by atoms with van der Waals surface area (Å²) in [6.07, 6.45) is 0. The van der Waals surface area contributed by atoms with E-state index in [1.54, 1.807) is 33.5 Å². The zero-order valence-electron chi connectivity index (χ0n) is 14.1. The van der Waals surface area contributed by atoms with E-state index < -0.39 is 0 Å². The Labute approximate surface area is 140 Å². The fourth-order valence-corrected chi connectivity index (χ4v) is 2.73. The molecule has 0 amide bonds. The summed E-state index contributed by atoms with van der Waals surface area (Å²) >= 11 is 0. The van der Waals surface area contributed by atoms with Crippen molar-refractivity contribution >= 4 is 0 Å². The lowest BCUT2D eigenvalue weighted by molar-refractivity contribution is 0.375. The number of hydrogen-bond donors (Lipinski definition) is 0. The van der Waals surface area contributed by atoms with E-state index in [0.717, 1.165) is 22.5 Å². The van der Waals surface area contributed by atoms with Gasteiger partial charge in [-0.2, -0.15) is 0 Å². The summed E-state index contributed by atoms with van der Waals surface area (Å²) in [5.41, 5.74) is 3.34. The third-order valence-corrected chi connectivity index (χ3v) is 3.88. The van der Waals surface area contributed by atoms with Crippen LogP contribution in [0.4, 0.5) is 0 Å². The van der Waals surface area contributed by atoms with Crippen LogP contribution < -0.4 is 14.2 Å². The second-order valence-corrected chi connectivity index (χ2v) is 5.24. The third-order valence-electron chi connectivity index (χ3n) is 3.88.